The maximum atomic E-state index is 13.4. The van der Waals surface area contributed by atoms with Gasteiger partial charge in [-0.05, 0) is 67.6 Å². The summed E-state index contributed by atoms with van der Waals surface area (Å²) in [7, 11) is 1.89. The molecule has 0 radical (unpaired) electrons. The molecule has 43 heavy (non-hydrogen) atoms. The standard InChI is InChI=1S/C30H24FN7O5/c1-3-36-17-27(28(39)38(30(36)41)22-8-4-20(31)5-9-22)43-29(40)34-21-6-10-23(11-7-21)42-26-14-19(24-16-35(2)18-32-24)15-37-25(26)12-13-33-37/h4-18H,3H2,1-2H3,(H,34,40). The van der Waals surface area contributed by atoms with E-state index in [1.165, 1.54) is 16.7 Å². The molecule has 0 fully saturated rings. The molecule has 4 aromatic heterocycles. The Bertz CT molecular complexity index is 2080. The van der Waals surface area contributed by atoms with Gasteiger partial charge < -0.3 is 14.0 Å². The molecular weight excluding hydrogens is 557 g/mol. The topological polar surface area (TPSA) is 127 Å². The van der Waals surface area contributed by atoms with Crippen molar-refractivity contribution in [1.29, 1.82) is 0 Å². The lowest BCUT2D eigenvalue weighted by Crippen LogP contribution is -2.39. The number of benzene rings is 2. The number of nitrogens with one attached hydrogen (secondary N) is 1. The predicted molar refractivity (Wildman–Crippen MR) is 155 cm³/mol. The summed E-state index contributed by atoms with van der Waals surface area (Å²) in [4.78, 5) is 43.0. The van der Waals surface area contributed by atoms with Crippen LogP contribution in [0.4, 0.5) is 14.9 Å². The van der Waals surface area contributed by atoms with E-state index in [1.807, 2.05) is 36.1 Å². The van der Waals surface area contributed by atoms with Crippen molar-refractivity contribution >= 4 is 17.3 Å². The van der Waals surface area contributed by atoms with Crippen molar-refractivity contribution in [2.45, 2.75) is 13.5 Å². The van der Waals surface area contributed by atoms with E-state index in [1.54, 1.807) is 48.2 Å². The van der Waals surface area contributed by atoms with E-state index in [0.29, 0.717) is 17.2 Å². The van der Waals surface area contributed by atoms with Crippen molar-refractivity contribution in [3.63, 3.8) is 0 Å². The average molecular weight is 582 g/mol. The number of hydrogen-bond acceptors (Lipinski definition) is 7. The van der Waals surface area contributed by atoms with E-state index in [-0.39, 0.29) is 18.0 Å². The van der Waals surface area contributed by atoms with Crippen LogP contribution in [0.1, 0.15) is 6.92 Å². The fraction of sp³-hybridized carbons (Fsp3) is 0.100. The molecule has 0 aliphatic carbocycles. The number of halogens is 1. The van der Waals surface area contributed by atoms with E-state index < -0.39 is 23.2 Å². The van der Waals surface area contributed by atoms with Crippen molar-refractivity contribution in [3.05, 3.63) is 118 Å². The molecule has 2 aromatic carbocycles. The number of hydrogen-bond donors (Lipinski definition) is 1. The summed E-state index contributed by atoms with van der Waals surface area (Å²) in [5.41, 5.74) is 1.34. The minimum Gasteiger partial charge on any atom is -0.455 e. The second-order valence-corrected chi connectivity index (χ2v) is 9.50. The summed E-state index contributed by atoms with van der Waals surface area (Å²) in [6.07, 6.45) is 7.36. The molecule has 0 unspecified atom stereocenters. The minimum atomic E-state index is -0.943. The highest BCUT2D eigenvalue weighted by molar-refractivity contribution is 5.86. The Morgan fingerprint density at radius 1 is 0.977 bits per heavy atom. The van der Waals surface area contributed by atoms with E-state index in [0.717, 1.165) is 39.7 Å². The third-order valence-corrected chi connectivity index (χ3v) is 6.55. The van der Waals surface area contributed by atoms with Gasteiger partial charge in [-0.2, -0.15) is 5.10 Å². The van der Waals surface area contributed by atoms with Crippen LogP contribution < -0.4 is 26.0 Å². The van der Waals surface area contributed by atoms with Crippen LogP contribution in [0.15, 0.2) is 101 Å². The molecule has 6 rings (SSSR count). The normalized spacial score (nSPS) is 11.0. The number of imidazole rings is 1. The maximum absolute atomic E-state index is 13.4. The van der Waals surface area contributed by atoms with Crippen LogP contribution >= 0.6 is 0 Å². The number of fused-ring (bicyclic) bond motifs is 1. The van der Waals surface area contributed by atoms with Gasteiger partial charge in [0.25, 0.3) is 0 Å². The Morgan fingerprint density at radius 3 is 2.44 bits per heavy atom. The zero-order valence-corrected chi connectivity index (χ0v) is 23.0. The Labute approximate surface area is 242 Å². The lowest BCUT2D eigenvalue weighted by molar-refractivity contribution is 0.214. The van der Waals surface area contributed by atoms with Gasteiger partial charge in [0, 0.05) is 37.2 Å². The molecule has 6 aromatic rings. The number of pyridine rings is 1. The SMILES string of the molecule is CCn1cc(OC(=O)Nc2ccc(Oc3cc(-c4cn(C)cn4)cn4nccc34)cc2)c(=O)n(-c2ccc(F)cc2)c1=O. The molecule has 0 aliphatic heterocycles. The van der Waals surface area contributed by atoms with Gasteiger partial charge in [-0.3, -0.25) is 14.7 Å². The Morgan fingerprint density at radius 2 is 1.74 bits per heavy atom. The molecule has 13 heteroatoms. The van der Waals surface area contributed by atoms with Crippen molar-refractivity contribution < 1.29 is 18.7 Å². The van der Waals surface area contributed by atoms with Gasteiger partial charge in [0.15, 0.2) is 5.75 Å². The first-order chi connectivity index (χ1) is 20.8. The number of carbonyl (C=O) groups is 1. The fourth-order valence-corrected chi connectivity index (χ4v) is 4.45. The summed E-state index contributed by atoms with van der Waals surface area (Å²) in [6.45, 7) is 1.90. The van der Waals surface area contributed by atoms with Gasteiger partial charge in [0.1, 0.15) is 17.1 Å². The zero-order valence-electron chi connectivity index (χ0n) is 23.0. The Kier molecular flexibility index (Phi) is 7.04. The summed E-state index contributed by atoms with van der Waals surface area (Å²) >= 11 is 0. The molecule has 0 spiro atoms. The van der Waals surface area contributed by atoms with Gasteiger partial charge in [0.2, 0.25) is 5.75 Å². The minimum absolute atomic E-state index is 0.138. The average Bonchev–Trinajstić information content (AvgIpc) is 3.66. The van der Waals surface area contributed by atoms with Crippen LogP contribution in [0, 0.1) is 5.82 Å². The van der Waals surface area contributed by atoms with E-state index >= 15 is 0 Å². The molecule has 4 heterocycles. The molecule has 0 atom stereocenters. The number of rotatable bonds is 7. The molecule has 12 nitrogen and oxygen atoms in total. The van der Waals surface area contributed by atoms with Crippen LogP contribution in [0.3, 0.4) is 0 Å². The molecule has 0 saturated heterocycles. The number of ether oxygens (including phenoxy) is 2. The second-order valence-electron chi connectivity index (χ2n) is 9.50. The van der Waals surface area contributed by atoms with Crippen LogP contribution in [0.25, 0.3) is 22.5 Å². The summed E-state index contributed by atoms with van der Waals surface area (Å²) < 4.78 is 30.4. The van der Waals surface area contributed by atoms with Gasteiger partial charge in [-0.25, -0.2) is 28.0 Å². The van der Waals surface area contributed by atoms with Crippen molar-refractivity contribution in [2.75, 3.05) is 5.32 Å². The highest BCUT2D eigenvalue weighted by Crippen LogP contribution is 2.31. The van der Waals surface area contributed by atoms with Crippen molar-refractivity contribution in [3.8, 4) is 34.2 Å². The zero-order chi connectivity index (χ0) is 30.1. The van der Waals surface area contributed by atoms with Gasteiger partial charge in [0.05, 0.1) is 30.1 Å². The van der Waals surface area contributed by atoms with Crippen molar-refractivity contribution in [1.82, 2.24) is 28.3 Å². The predicted octanol–water partition coefficient (Wildman–Crippen LogP) is 4.61. The largest absolute Gasteiger partial charge is 0.455 e. The lowest BCUT2D eigenvalue weighted by atomic mass is 10.2. The number of amides is 1. The highest BCUT2D eigenvalue weighted by atomic mass is 19.1. The van der Waals surface area contributed by atoms with Crippen LogP contribution in [-0.4, -0.2) is 34.4 Å². The third kappa shape index (κ3) is 5.51. The Balaban J connectivity index is 1.20. The number of anilines is 1. The summed E-state index contributed by atoms with van der Waals surface area (Å²) in [5.74, 6) is 0.159. The number of aryl methyl sites for hydroxylation is 2. The lowest BCUT2D eigenvalue weighted by Gasteiger charge is -2.13. The highest BCUT2D eigenvalue weighted by Gasteiger charge is 2.17. The summed E-state index contributed by atoms with van der Waals surface area (Å²) in [5, 5.41) is 6.89. The van der Waals surface area contributed by atoms with Crippen molar-refractivity contribution in [2.24, 2.45) is 7.05 Å². The first-order valence-corrected chi connectivity index (χ1v) is 13.1. The van der Waals surface area contributed by atoms with Gasteiger partial charge in [-0.1, -0.05) is 0 Å². The second kappa shape index (κ2) is 11.1. The number of aromatic nitrogens is 6. The van der Waals surface area contributed by atoms with Crippen LogP contribution in [0.2, 0.25) is 0 Å². The molecule has 0 aliphatic rings. The van der Waals surface area contributed by atoms with E-state index in [9.17, 15) is 18.8 Å². The first-order valence-electron chi connectivity index (χ1n) is 13.1. The first kappa shape index (κ1) is 27.2. The molecular formula is C30H24FN7O5. The smallest absolute Gasteiger partial charge is 0.417 e. The summed E-state index contributed by atoms with van der Waals surface area (Å²) in [6, 6.07) is 15.1. The fourth-order valence-electron chi connectivity index (χ4n) is 4.45. The van der Waals surface area contributed by atoms with Crippen LogP contribution in [-0.2, 0) is 13.6 Å². The van der Waals surface area contributed by atoms with E-state index in [4.69, 9.17) is 9.47 Å². The number of nitrogens with zero attached hydrogens (tertiary/aromatic N) is 6. The molecule has 216 valence electrons. The quantitative estimate of drug-likeness (QED) is 0.292. The molecule has 0 bridgehead atoms. The number of carbonyl (C=O) groups excluding carboxylic acids is 1. The van der Waals surface area contributed by atoms with Gasteiger partial charge in [-0.15, -0.1) is 0 Å². The van der Waals surface area contributed by atoms with Gasteiger partial charge >= 0.3 is 17.3 Å². The monoisotopic (exact) mass is 581 g/mol. The van der Waals surface area contributed by atoms with Crippen LogP contribution in [0.5, 0.6) is 17.2 Å². The molecule has 0 saturated carbocycles. The molecule has 1 amide bonds. The maximum Gasteiger partial charge on any atom is 0.417 e. The molecule has 1 N–H and O–H groups in total. The Hall–Kier alpha value is -5.98. The van der Waals surface area contributed by atoms with E-state index in [2.05, 4.69) is 15.4 Å². The third-order valence-electron chi connectivity index (χ3n) is 6.55.